The van der Waals surface area contributed by atoms with Gasteiger partial charge in [0.05, 0.1) is 45.1 Å². The molecule has 4 atom stereocenters. The third-order valence-corrected chi connectivity index (χ3v) is 8.02. The van der Waals surface area contributed by atoms with E-state index in [0.29, 0.717) is 49.2 Å². The summed E-state index contributed by atoms with van der Waals surface area (Å²) < 4.78 is 30.9. The summed E-state index contributed by atoms with van der Waals surface area (Å²) in [7, 11) is 6.92. The third-order valence-electron chi connectivity index (χ3n) is 8.02. The average Bonchev–Trinajstić information content (AvgIpc) is 3.95. The quantitative estimate of drug-likeness (QED) is 0.203. The number of carboxylic acids is 1. The maximum absolute atomic E-state index is 11.8. The Morgan fingerprint density at radius 2 is 1.26 bits per heavy atom. The zero-order valence-electron chi connectivity index (χ0n) is 26.7. The van der Waals surface area contributed by atoms with E-state index in [4.69, 9.17) is 28.8 Å². The van der Waals surface area contributed by atoms with Crippen LogP contribution in [-0.2, 0) is 41.6 Å². The number of aryl methyl sites for hydroxylation is 2. The number of carbonyl (C=O) groups excluding carboxylic acids is 1. The summed E-state index contributed by atoms with van der Waals surface area (Å²) >= 11 is 0. The van der Waals surface area contributed by atoms with Crippen molar-refractivity contribution in [3.05, 3.63) is 83.4 Å². The van der Waals surface area contributed by atoms with Gasteiger partial charge in [-0.15, -0.1) is 0 Å². The van der Waals surface area contributed by atoms with Crippen molar-refractivity contribution in [3.63, 3.8) is 0 Å². The van der Waals surface area contributed by atoms with Crippen molar-refractivity contribution < 1.29 is 38.4 Å². The van der Waals surface area contributed by atoms with Gasteiger partial charge < -0.3 is 28.8 Å². The lowest BCUT2D eigenvalue weighted by Crippen LogP contribution is -2.07. The Morgan fingerprint density at radius 1 is 0.783 bits per heavy atom. The number of aliphatic carboxylic acids is 1. The van der Waals surface area contributed by atoms with E-state index in [1.807, 2.05) is 69.8 Å². The van der Waals surface area contributed by atoms with Crippen LogP contribution in [0.25, 0.3) is 0 Å². The minimum absolute atomic E-state index is 0.0375. The number of aromatic nitrogens is 4. The van der Waals surface area contributed by atoms with Gasteiger partial charge in [-0.05, 0) is 67.0 Å². The molecule has 0 aliphatic heterocycles. The standard InChI is InChI=1S/C18H22N2O4.C16H18N2O4/c1-4-23-18(21)15-8-14(15)13-5-6-16(22-3)17(7-13)24-11-12-9-19-20(2)10-12;1-18-8-10(7-17-18)9-22-15-5-11(3-4-14(15)21-2)12-6-13(12)16(19)20/h5-7,9-10,14-15H,4,8,11H2,1-3H3;3-5,7-8,12-13H,6,9H2,1-2H3,(H,19,20). The molecule has 2 heterocycles. The predicted molar refractivity (Wildman–Crippen MR) is 167 cm³/mol. The maximum atomic E-state index is 11.8. The Bertz CT molecular complexity index is 1660. The predicted octanol–water partition coefficient (Wildman–Crippen LogP) is 4.87. The van der Waals surface area contributed by atoms with Crippen molar-refractivity contribution >= 4 is 11.9 Å². The van der Waals surface area contributed by atoms with Crippen LogP contribution < -0.4 is 18.9 Å². The zero-order chi connectivity index (χ0) is 32.8. The van der Waals surface area contributed by atoms with E-state index >= 15 is 0 Å². The summed E-state index contributed by atoms with van der Waals surface area (Å²) in [6.45, 7) is 3.05. The van der Waals surface area contributed by atoms with Crippen molar-refractivity contribution in [3.8, 4) is 23.0 Å². The fourth-order valence-corrected chi connectivity index (χ4v) is 5.40. The van der Waals surface area contributed by atoms with Crippen LogP contribution in [0.1, 0.15) is 53.9 Å². The van der Waals surface area contributed by atoms with Crippen LogP contribution in [0.4, 0.5) is 0 Å². The van der Waals surface area contributed by atoms with Crippen molar-refractivity contribution in [2.75, 3.05) is 20.8 Å². The number of hydrogen-bond donors (Lipinski definition) is 1. The van der Waals surface area contributed by atoms with E-state index in [0.717, 1.165) is 28.7 Å². The highest BCUT2D eigenvalue weighted by Gasteiger charge is 2.45. The molecule has 2 aromatic heterocycles. The molecule has 1 N–H and O–H groups in total. The fourth-order valence-electron chi connectivity index (χ4n) is 5.40. The summed E-state index contributed by atoms with van der Waals surface area (Å²) in [6, 6.07) is 11.4. The molecule has 2 aliphatic carbocycles. The molecule has 12 nitrogen and oxygen atoms in total. The van der Waals surface area contributed by atoms with Crippen molar-refractivity contribution in [2.24, 2.45) is 25.9 Å². The highest BCUT2D eigenvalue weighted by molar-refractivity contribution is 5.77. The molecule has 4 aromatic rings. The van der Waals surface area contributed by atoms with Crippen molar-refractivity contribution in [2.45, 2.75) is 44.8 Å². The first-order valence-electron chi connectivity index (χ1n) is 15.2. The lowest BCUT2D eigenvalue weighted by molar-refractivity contribution is -0.144. The van der Waals surface area contributed by atoms with Gasteiger partial charge in [0.15, 0.2) is 23.0 Å². The van der Waals surface area contributed by atoms with Gasteiger partial charge in [0, 0.05) is 37.6 Å². The zero-order valence-corrected chi connectivity index (χ0v) is 26.7. The molecule has 4 unspecified atom stereocenters. The Morgan fingerprint density at radius 3 is 1.65 bits per heavy atom. The number of methoxy groups -OCH3 is 2. The Hall–Kier alpha value is -5.00. The van der Waals surface area contributed by atoms with E-state index < -0.39 is 5.97 Å². The Balaban J connectivity index is 0.000000182. The smallest absolute Gasteiger partial charge is 0.309 e. The molecular formula is C34H40N4O8. The van der Waals surface area contributed by atoms with Gasteiger partial charge in [-0.25, -0.2) is 0 Å². The van der Waals surface area contributed by atoms with Crippen LogP contribution in [0.3, 0.4) is 0 Å². The van der Waals surface area contributed by atoms with Crippen LogP contribution in [0.15, 0.2) is 61.2 Å². The first kappa shape index (κ1) is 32.4. The third kappa shape index (κ3) is 7.98. The summed E-state index contributed by atoms with van der Waals surface area (Å²) in [5.41, 5.74) is 4.01. The number of nitrogens with zero attached hydrogens (tertiary/aromatic N) is 4. The number of benzene rings is 2. The molecule has 244 valence electrons. The van der Waals surface area contributed by atoms with Gasteiger partial charge in [-0.1, -0.05) is 12.1 Å². The van der Waals surface area contributed by atoms with Gasteiger partial charge in [-0.3, -0.25) is 19.0 Å². The molecule has 2 fully saturated rings. The Labute approximate surface area is 267 Å². The average molecular weight is 633 g/mol. The number of carbonyl (C=O) groups is 2. The first-order chi connectivity index (χ1) is 22.2. The summed E-state index contributed by atoms with van der Waals surface area (Å²) in [6.07, 6.45) is 8.83. The van der Waals surface area contributed by atoms with Crippen LogP contribution in [0.2, 0.25) is 0 Å². The molecule has 6 rings (SSSR count). The number of rotatable bonds is 13. The normalized spacial score (nSPS) is 19.3. The van der Waals surface area contributed by atoms with E-state index in [9.17, 15) is 9.59 Å². The van der Waals surface area contributed by atoms with E-state index in [-0.39, 0.29) is 29.6 Å². The number of ether oxygens (including phenoxy) is 5. The number of esters is 1. The lowest BCUT2D eigenvalue weighted by atomic mass is 10.1. The minimum Gasteiger partial charge on any atom is -0.493 e. The summed E-state index contributed by atoms with van der Waals surface area (Å²) in [5, 5.41) is 17.3. The molecule has 0 radical (unpaired) electrons. The van der Waals surface area contributed by atoms with Crippen molar-refractivity contribution in [1.82, 2.24) is 19.6 Å². The molecule has 46 heavy (non-hydrogen) atoms. The molecule has 2 saturated carbocycles. The number of hydrogen-bond acceptors (Lipinski definition) is 9. The van der Waals surface area contributed by atoms with Crippen LogP contribution in [0.5, 0.6) is 23.0 Å². The highest BCUT2D eigenvalue weighted by Crippen LogP contribution is 2.50. The fraction of sp³-hybridized carbons (Fsp3) is 0.412. The lowest BCUT2D eigenvalue weighted by Gasteiger charge is -2.12. The molecule has 0 amide bonds. The topological polar surface area (TPSA) is 136 Å². The maximum Gasteiger partial charge on any atom is 0.309 e. The van der Waals surface area contributed by atoms with Gasteiger partial charge >= 0.3 is 11.9 Å². The molecule has 2 aromatic carbocycles. The summed E-state index contributed by atoms with van der Waals surface area (Å²) in [5.74, 6) is 1.73. The van der Waals surface area contributed by atoms with Crippen molar-refractivity contribution in [1.29, 1.82) is 0 Å². The van der Waals surface area contributed by atoms with Crippen LogP contribution >= 0.6 is 0 Å². The highest BCUT2D eigenvalue weighted by atomic mass is 16.5. The second kappa shape index (κ2) is 14.4. The van der Waals surface area contributed by atoms with E-state index in [1.54, 1.807) is 36.0 Å². The SMILES string of the molecule is CCOC(=O)C1CC1c1ccc(OC)c(OCc2cnn(C)c2)c1.COc1ccc(C2CC2C(=O)O)cc1OCc1cnn(C)c1. The van der Waals surface area contributed by atoms with Gasteiger partial charge in [0.2, 0.25) is 0 Å². The van der Waals surface area contributed by atoms with Gasteiger partial charge in [0.25, 0.3) is 0 Å². The van der Waals surface area contributed by atoms with E-state index in [1.165, 1.54) is 0 Å². The van der Waals surface area contributed by atoms with Gasteiger partial charge in [-0.2, -0.15) is 10.2 Å². The molecule has 0 saturated heterocycles. The van der Waals surface area contributed by atoms with Crippen LogP contribution in [-0.4, -0.2) is 57.4 Å². The Kier molecular flexibility index (Phi) is 10.1. The number of carboxylic acid groups (broad SMARTS) is 1. The molecule has 2 aliphatic rings. The molecular weight excluding hydrogens is 592 g/mol. The second-order valence-corrected chi connectivity index (χ2v) is 11.4. The summed E-state index contributed by atoms with van der Waals surface area (Å²) in [4.78, 5) is 22.8. The van der Waals surface area contributed by atoms with Gasteiger partial charge in [0.1, 0.15) is 13.2 Å². The van der Waals surface area contributed by atoms with Crippen LogP contribution in [0, 0.1) is 11.8 Å². The molecule has 12 heteroatoms. The molecule has 0 bridgehead atoms. The second-order valence-electron chi connectivity index (χ2n) is 11.4. The first-order valence-corrected chi connectivity index (χ1v) is 15.2. The largest absolute Gasteiger partial charge is 0.493 e. The molecule has 0 spiro atoms. The van der Waals surface area contributed by atoms with E-state index in [2.05, 4.69) is 10.2 Å². The minimum atomic E-state index is -0.737. The monoisotopic (exact) mass is 632 g/mol.